The van der Waals surface area contributed by atoms with E-state index in [1.807, 2.05) is 0 Å². The standard InChI is InChI=1S/C5H7N/c1-4-3-5(4)6-2/h4-5H,3H2,1H3. The minimum atomic E-state index is 0.394. The molecule has 0 bridgehead atoms. The Balaban J connectivity index is 2.31. The maximum absolute atomic E-state index is 6.48. The predicted octanol–water partition coefficient (Wildman–Crippen LogP) is 1.31. The molecule has 0 aliphatic heterocycles. The van der Waals surface area contributed by atoms with Crippen molar-refractivity contribution in [2.45, 2.75) is 19.4 Å². The molecule has 0 heterocycles. The van der Waals surface area contributed by atoms with Gasteiger partial charge in [0, 0.05) is 12.3 Å². The van der Waals surface area contributed by atoms with Gasteiger partial charge in [0.1, 0.15) is 0 Å². The molecule has 0 spiro atoms. The average molecular weight is 81.1 g/mol. The zero-order chi connectivity index (χ0) is 4.57. The number of rotatable bonds is 0. The first-order valence-electron chi connectivity index (χ1n) is 2.21. The molecule has 1 rings (SSSR count). The van der Waals surface area contributed by atoms with Crippen LogP contribution in [0.25, 0.3) is 4.85 Å². The topological polar surface area (TPSA) is 4.36 Å². The van der Waals surface area contributed by atoms with E-state index in [-0.39, 0.29) is 0 Å². The van der Waals surface area contributed by atoms with Crippen LogP contribution in [0, 0.1) is 12.5 Å². The summed E-state index contributed by atoms with van der Waals surface area (Å²) in [4.78, 5) is 3.33. The molecule has 0 saturated heterocycles. The Morgan fingerprint density at radius 2 is 2.33 bits per heavy atom. The molecule has 1 heteroatoms. The third kappa shape index (κ3) is 0.386. The molecule has 0 aromatic rings. The van der Waals surface area contributed by atoms with Gasteiger partial charge >= 0.3 is 0 Å². The van der Waals surface area contributed by atoms with Gasteiger partial charge < -0.3 is 4.85 Å². The molecule has 1 nitrogen and oxygen atoms in total. The predicted molar refractivity (Wildman–Crippen MR) is 24.2 cm³/mol. The van der Waals surface area contributed by atoms with Gasteiger partial charge in [-0.1, -0.05) is 6.92 Å². The van der Waals surface area contributed by atoms with Gasteiger partial charge in [-0.3, -0.25) is 0 Å². The summed E-state index contributed by atoms with van der Waals surface area (Å²) in [5.74, 6) is 0.711. The second-order valence-corrected chi connectivity index (χ2v) is 1.91. The highest BCUT2D eigenvalue weighted by Gasteiger charge is 2.39. The minimum Gasteiger partial charge on any atom is -0.313 e. The van der Waals surface area contributed by atoms with Crippen LogP contribution in [-0.4, -0.2) is 6.04 Å². The van der Waals surface area contributed by atoms with E-state index >= 15 is 0 Å². The summed E-state index contributed by atoms with van der Waals surface area (Å²) in [7, 11) is 0. The third-order valence-electron chi connectivity index (χ3n) is 1.23. The zero-order valence-corrected chi connectivity index (χ0v) is 3.81. The lowest BCUT2D eigenvalue weighted by atomic mass is 10.5. The lowest BCUT2D eigenvalue weighted by molar-refractivity contribution is 0.958. The summed E-state index contributed by atoms with van der Waals surface area (Å²) in [6.07, 6.45) is 1.14. The Bertz CT molecular complexity index is 90.6. The fourth-order valence-corrected chi connectivity index (χ4v) is 0.482. The molecule has 0 amide bonds. The minimum absolute atomic E-state index is 0.394. The van der Waals surface area contributed by atoms with E-state index in [9.17, 15) is 0 Å². The molecule has 2 atom stereocenters. The first kappa shape index (κ1) is 3.67. The first-order valence-corrected chi connectivity index (χ1v) is 2.21. The first-order chi connectivity index (χ1) is 2.84. The van der Waals surface area contributed by atoms with Crippen LogP contribution in [0.15, 0.2) is 0 Å². The molecule has 32 valence electrons. The van der Waals surface area contributed by atoms with Crippen molar-refractivity contribution in [1.29, 1.82) is 0 Å². The Kier molecular flexibility index (Phi) is 0.597. The van der Waals surface area contributed by atoms with Crippen molar-refractivity contribution >= 4 is 0 Å². The van der Waals surface area contributed by atoms with Crippen molar-refractivity contribution in [1.82, 2.24) is 0 Å². The molecule has 1 aliphatic rings. The summed E-state index contributed by atoms with van der Waals surface area (Å²) in [5, 5.41) is 0. The molecule has 1 aliphatic carbocycles. The van der Waals surface area contributed by atoms with E-state index in [2.05, 4.69) is 11.8 Å². The Morgan fingerprint density at radius 1 is 1.83 bits per heavy atom. The largest absolute Gasteiger partial charge is 0.313 e. The molecule has 1 saturated carbocycles. The van der Waals surface area contributed by atoms with Crippen LogP contribution in [0.1, 0.15) is 13.3 Å². The third-order valence-corrected chi connectivity index (χ3v) is 1.23. The summed E-state index contributed by atoms with van der Waals surface area (Å²) in [6, 6.07) is 0.394. The second kappa shape index (κ2) is 0.975. The lowest BCUT2D eigenvalue weighted by Gasteiger charge is -1.64. The highest BCUT2D eigenvalue weighted by Crippen LogP contribution is 2.32. The number of hydrogen-bond donors (Lipinski definition) is 0. The SMILES string of the molecule is [C-]#[N+]C1CC1C. The van der Waals surface area contributed by atoms with Gasteiger partial charge in [0.05, 0.1) is 0 Å². The smallest absolute Gasteiger partial charge is 0.227 e. The van der Waals surface area contributed by atoms with E-state index in [1.165, 1.54) is 0 Å². The Labute approximate surface area is 37.8 Å². The molecule has 6 heavy (non-hydrogen) atoms. The lowest BCUT2D eigenvalue weighted by Crippen LogP contribution is -1.67. The Hall–Kier alpha value is -0.510. The highest BCUT2D eigenvalue weighted by molar-refractivity contribution is 4.98. The van der Waals surface area contributed by atoms with Gasteiger partial charge in [0.25, 0.3) is 0 Å². The average Bonchev–Trinajstić information content (AvgIpc) is 2.19. The monoisotopic (exact) mass is 81.1 g/mol. The molecule has 2 unspecified atom stereocenters. The quantitative estimate of drug-likeness (QED) is 0.387. The molecule has 0 aromatic carbocycles. The van der Waals surface area contributed by atoms with Crippen LogP contribution in [0.5, 0.6) is 0 Å². The van der Waals surface area contributed by atoms with Crippen molar-refractivity contribution in [3.05, 3.63) is 11.4 Å². The van der Waals surface area contributed by atoms with E-state index in [0.29, 0.717) is 12.0 Å². The van der Waals surface area contributed by atoms with Gasteiger partial charge in [-0.05, 0) is 0 Å². The van der Waals surface area contributed by atoms with Crippen LogP contribution in [-0.2, 0) is 0 Å². The van der Waals surface area contributed by atoms with E-state index in [1.54, 1.807) is 0 Å². The van der Waals surface area contributed by atoms with Gasteiger partial charge in [0.2, 0.25) is 6.04 Å². The van der Waals surface area contributed by atoms with Gasteiger partial charge in [-0.2, -0.15) is 0 Å². The van der Waals surface area contributed by atoms with Crippen molar-refractivity contribution < 1.29 is 0 Å². The fourth-order valence-electron chi connectivity index (χ4n) is 0.482. The summed E-state index contributed by atoms with van der Waals surface area (Å²) in [5.41, 5.74) is 0. The Morgan fingerprint density at radius 3 is 2.33 bits per heavy atom. The zero-order valence-electron chi connectivity index (χ0n) is 3.81. The molecule has 0 N–H and O–H groups in total. The van der Waals surface area contributed by atoms with Crippen LogP contribution >= 0.6 is 0 Å². The molecular formula is C5H7N. The molecular weight excluding hydrogens is 74.1 g/mol. The van der Waals surface area contributed by atoms with Crippen molar-refractivity contribution in [2.75, 3.05) is 0 Å². The van der Waals surface area contributed by atoms with E-state index in [0.717, 1.165) is 6.42 Å². The summed E-state index contributed by atoms with van der Waals surface area (Å²) in [6.45, 7) is 8.59. The van der Waals surface area contributed by atoms with Gasteiger partial charge in [0.15, 0.2) is 0 Å². The van der Waals surface area contributed by atoms with E-state index in [4.69, 9.17) is 6.57 Å². The highest BCUT2D eigenvalue weighted by atomic mass is 14.8. The van der Waals surface area contributed by atoms with Crippen LogP contribution in [0.2, 0.25) is 0 Å². The van der Waals surface area contributed by atoms with E-state index < -0.39 is 0 Å². The normalized spacial score (nSPS) is 41.3. The number of nitrogens with zero attached hydrogens (tertiary/aromatic N) is 1. The molecule has 0 aromatic heterocycles. The molecule has 1 fully saturated rings. The van der Waals surface area contributed by atoms with Crippen molar-refractivity contribution in [3.63, 3.8) is 0 Å². The summed E-state index contributed by atoms with van der Waals surface area (Å²) >= 11 is 0. The van der Waals surface area contributed by atoms with Gasteiger partial charge in [-0.15, -0.1) is 0 Å². The van der Waals surface area contributed by atoms with Crippen molar-refractivity contribution in [3.8, 4) is 0 Å². The van der Waals surface area contributed by atoms with Crippen LogP contribution < -0.4 is 0 Å². The van der Waals surface area contributed by atoms with Gasteiger partial charge in [-0.25, -0.2) is 6.57 Å². The second-order valence-electron chi connectivity index (χ2n) is 1.91. The maximum Gasteiger partial charge on any atom is 0.227 e. The fraction of sp³-hybridized carbons (Fsp3) is 0.800. The van der Waals surface area contributed by atoms with Crippen LogP contribution in [0.4, 0.5) is 0 Å². The summed E-state index contributed by atoms with van der Waals surface area (Å²) < 4.78 is 0. The molecule has 0 radical (unpaired) electrons. The maximum atomic E-state index is 6.48. The van der Waals surface area contributed by atoms with Crippen LogP contribution in [0.3, 0.4) is 0 Å². The number of hydrogen-bond acceptors (Lipinski definition) is 0. The van der Waals surface area contributed by atoms with Crippen molar-refractivity contribution in [2.24, 2.45) is 5.92 Å².